The van der Waals surface area contributed by atoms with Gasteiger partial charge in [0.2, 0.25) is 5.91 Å². The van der Waals surface area contributed by atoms with Gasteiger partial charge in [0.25, 0.3) is 0 Å². The number of hydrogen-bond acceptors (Lipinski definition) is 5. The third kappa shape index (κ3) is 4.66. The summed E-state index contributed by atoms with van der Waals surface area (Å²) in [5.41, 5.74) is 4.10. The molecule has 3 aromatic rings. The maximum atomic E-state index is 12.4. The number of nitrogens with zero attached hydrogens (tertiary/aromatic N) is 3. The molecule has 5 nitrogen and oxygen atoms in total. The van der Waals surface area contributed by atoms with E-state index in [0.29, 0.717) is 0 Å². The second-order valence-electron chi connectivity index (χ2n) is 7.26. The van der Waals surface area contributed by atoms with Crippen LogP contribution in [0.15, 0.2) is 48.5 Å². The van der Waals surface area contributed by atoms with Gasteiger partial charge in [0.1, 0.15) is 5.01 Å². The molecule has 1 amide bonds. The van der Waals surface area contributed by atoms with Crippen LogP contribution >= 0.6 is 11.3 Å². The van der Waals surface area contributed by atoms with Crippen molar-refractivity contribution < 1.29 is 4.79 Å². The summed E-state index contributed by atoms with van der Waals surface area (Å²) in [6, 6.07) is 14.2. The number of rotatable bonds is 5. The van der Waals surface area contributed by atoms with Crippen molar-refractivity contribution >= 4 is 44.9 Å². The van der Waals surface area contributed by atoms with E-state index in [4.69, 9.17) is 0 Å². The number of aryl methyl sites for hydroxylation is 1. The molecule has 29 heavy (non-hydrogen) atoms. The van der Waals surface area contributed by atoms with Crippen molar-refractivity contribution in [1.29, 1.82) is 0 Å². The van der Waals surface area contributed by atoms with Gasteiger partial charge < -0.3 is 15.1 Å². The Morgan fingerprint density at radius 2 is 1.97 bits per heavy atom. The first-order valence-electron chi connectivity index (χ1n) is 10.0. The molecule has 6 heteroatoms. The van der Waals surface area contributed by atoms with E-state index in [0.717, 1.165) is 59.2 Å². The molecule has 150 valence electrons. The number of likely N-dealkylation sites (N-methyl/N-ethyl adjacent to an activating group) is 1. The van der Waals surface area contributed by atoms with Gasteiger partial charge >= 0.3 is 0 Å². The molecule has 1 fully saturated rings. The first-order chi connectivity index (χ1) is 14.1. The molecule has 0 spiro atoms. The lowest BCUT2D eigenvalue weighted by atomic mass is 10.1. The number of hydrogen-bond donors (Lipinski definition) is 1. The van der Waals surface area contributed by atoms with Crippen molar-refractivity contribution in [2.75, 3.05) is 42.9 Å². The molecule has 0 bridgehead atoms. The number of aromatic nitrogens is 1. The molecule has 0 saturated carbocycles. The van der Waals surface area contributed by atoms with Crippen LogP contribution in [0.5, 0.6) is 0 Å². The SMILES string of the molecule is CCN1CCN(c2ccc(NC(=O)/C=C/c3nc4ccccc4s3)c(C)c2)CC1. The van der Waals surface area contributed by atoms with Crippen LogP contribution in [0.2, 0.25) is 0 Å². The summed E-state index contributed by atoms with van der Waals surface area (Å²) in [6.45, 7) is 9.66. The lowest BCUT2D eigenvalue weighted by molar-refractivity contribution is -0.111. The zero-order chi connectivity index (χ0) is 20.2. The van der Waals surface area contributed by atoms with Crippen molar-refractivity contribution in [3.05, 3.63) is 59.1 Å². The number of para-hydroxylation sites is 1. The molecule has 0 atom stereocenters. The number of benzene rings is 2. The zero-order valence-electron chi connectivity index (χ0n) is 16.9. The first-order valence-corrected chi connectivity index (χ1v) is 10.9. The van der Waals surface area contributed by atoms with Crippen LogP contribution in [0.25, 0.3) is 16.3 Å². The van der Waals surface area contributed by atoms with Gasteiger partial charge in [-0.2, -0.15) is 0 Å². The smallest absolute Gasteiger partial charge is 0.248 e. The van der Waals surface area contributed by atoms with Crippen LogP contribution in [0.3, 0.4) is 0 Å². The van der Waals surface area contributed by atoms with E-state index >= 15 is 0 Å². The summed E-state index contributed by atoms with van der Waals surface area (Å²) in [5.74, 6) is -0.142. The summed E-state index contributed by atoms with van der Waals surface area (Å²) in [6.07, 6.45) is 3.33. The van der Waals surface area contributed by atoms with E-state index in [-0.39, 0.29) is 5.91 Å². The van der Waals surface area contributed by atoms with E-state index in [1.54, 1.807) is 23.5 Å². The molecule has 2 heterocycles. The molecular weight excluding hydrogens is 380 g/mol. The average Bonchev–Trinajstić information content (AvgIpc) is 3.17. The van der Waals surface area contributed by atoms with Crippen molar-refractivity contribution in [3.63, 3.8) is 0 Å². The van der Waals surface area contributed by atoms with Crippen LogP contribution in [0, 0.1) is 6.92 Å². The van der Waals surface area contributed by atoms with Crippen LogP contribution in [0.1, 0.15) is 17.5 Å². The molecule has 4 rings (SSSR count). The third-order valence-corrected chi connectivity index (χ3v) is 6.34. The van der Waals surface area contributed by atoms with Crippen LogP contribution in [-0.4, -0.2) is 48.5 Å². The second-order valence-corrected chi connectivity index (χ2v) is 8.33. The maximum absolute atomic E-state index is 12.4. The zero-order valence-corrected chi connectivity index (χ0v) is 17.7. The third-order valence-electron chi connectivity index (χ3n) is 5.34. The number of nitrogens with one attached hydrogen (secondary N) is 1. The molecule has 1 aliphatic rings. The first kappa shape index (κ1) is 19.6. The van der Waals surface area contributed by atoms with E-state index in [2.05, 4.69) is 39.2 Å². The van der Waals surface area contributed by atoms with Gasteiger partial charge in [-0.15, -0.1) is 11.3 Å². The average molecular weight is 407 g/mol. The molecule has 1 aliphatic heterocycles. The summed E-state index contributed by atoms with van der Waals surface area (Å²) < 4.78 is 1.12. The monoisotopic (exact) mass is 406 g/mol. The van der Waals surface area contributed by atoms with Gasteiger partial charge in [0.15, 0.2) is 0 Å². The Morgan fingerprint density at radius 1 is 1.17 bits per heavy atom. The molecule has 1 N–H and O–H groups in total. The Kier molecular flexibility index (Phi) is 5.92. The fraction of sp³-hybridized carbons (Fsp3) is 0.304. The molecule has 0 radical (unpaired) electrons. The summed E-state index contributed by atoms with van der Waals surface area (Å²) in [4.78, 5) is 21.8. The maximum Gasteiger partial charge on any atom is 0.248 e. The molecule has 2 aromatic carbocycles. The number of piperazine rings is 1. The van der Waals surface area contributed by atoms with E-state index in [1.807, 2.05) is 37.3 Å². The topological polar surface area (TPSA) is 48.5 Å². The second kappa shape index (κ2) is 8.76. The largest absolute Gasteiger partial charge is 0.369 e. The van der Waals surface area contributed by atoms with Gasteiger partial charge in [-0.05, 0) is 55.4 Å². The minimum absolute atomic E-state index is 0.142. The Labute approximate surface area is 175 Å². The fourth-order valence-corrected chi connectivity index (χ4v) is 4.46. The van der Waals surface area contributed by atoms with E-state index in [9.17, 15) is 4.79 Å². The predicted molar refractivity (Wildman–Crippen MR) is 123 cm³/mol. The normalized spacial score (nSPS) is 15.3. The highest BCUT2D eigenvalue weighted by molar-refractivity contribution is 7.19. The minimum atomic E-state index is -0.142. The Hall–Kier alpha value is -2.70. The van der Waals surface area contributed by atoms with Gasteiger partial charge in [-0.25, -0.2) is 4.98 Å². The molecular formula is C23H26N4OS. The predicted octanol–water partition coefficient (Wildman–Crippen LogP) is 4.40. The number of carbonyl (C=O) groups excluding carboxylic acids is 1. The van der Waals surface area contributed by atoms with Crippen molar-refractivity contribution in [1.82, 2.24) is 9.88 Å². The van der Waals surface area contributed by atoms with Gasteiger partial charge in [-0.1, -0.05) is 19.1 Å². The lowest BCUT2D eigenvalue weighted by Gasteiger charge is -2.35. The van der Waals surface area contributed by atoms with E-state index < -0.39 is 0 Å². The standard InChI is InChI=1S/C23H26N4OS/c1-3-26-12-14-27(15-13-26)18-8-9-19(17(2)16-18)24-22(28)10-11-23-25-20-6-4-5-7-21(20)29-23/h4-11,16H,3,12-15H2,1-2H3,(H,24,28)/b11-10+. The summed E-state index contributed by atoms with van der Waals surface area (Å²) >= 11 is 1.58. The number of carbonyl (C=O) groups is 1. The highest BCUT2D eigenvalue weighted by Gasteiger charge is 2.16. The minimum Gasteiger partial charge on any atom is -0.369 e. The van der Waals surface area contributed by atoms with Crippen molar-refractivity contribution in [3.8, 4) is 0 Å². The van der Waals surface area contributed by atoms with Gasteiger partial charge in [0.05, 0.1) is 10.2 Å². The molecule has 1 aromatic heterocycles. The van der Waals surface area contributed by atoms with Crippen molar-refractivity contribution in [2.24, 2.45) is 0 Å². The molecule has 0 aliphatic carbocycles. The van der Waals surface area contributed by atoms with Crippen LogP contribution in [0.4, 0.5) is 11.4 Å². The fourth-order valence-electron chi connectivity index (χ4n) is 3.59. The van der Waals surface area contributed by atoms with Gasteiger partial charge in [-0.3, -0.25) is 4.79 Å². The van der Waals surface area contributed by atoms with Crippen LogP contribution < -0.4 is 10.2 Å². The summed E-state index contributed by atoms with van der Waals surface area (Å²) in [5, 5.41) is 3.82. The highest BCUT2D eigenvalue weighted by Crippen LogP contribution is 2.25. The Balaban J connectivity index is 1.39. The summed E-state index contributed by atoms with van der Waals surface area (Å²) in [7, 11) is 0. The lowest BCUT2D eigenvalue weighted by Crippen LogP contribution is -2.46. The van der Waals surface area contributed by atoms with Crippen molar-refractivity contribution in [2.45, 2.75) is 13.8 Å². The van der Waals surface area contributed by atoms with E-state index in [1.165, 1.54) is 5.69 Å². The molecule has 0 unspecified atom stereocenters. The quantitative estimate of drug-likeness (QED) is 0.638. The number of amides is 1. The number of thiazole rings is 1. The number of anilines is 2. The Morgan fingerprint density at radius 3 is 2.69 bits per heavy atom. The number of fused-ring (bicyclic) bond motifs is 1. The Bertz CT molecular complexity index is 1000. The van der Waals surface area contributed by atoms with Crippen LogP contribution in [-0.2, 0) is 4.79 Å². The molecule has 1 saturated heterocycles. The highest BCUT2D eigenvalue weighted by atomic mass is 32.1. The van der Waals surface area contributed by atoms with Gasteiger partial charge in [0, 0.05) is 43.6 Å².